The highest BCUT2D eigenvalue weighted by Crippen LogP contribution is 2.37. The molecule has 0 heterocycles. The summed E-state index contributed by atoms with van der Waals surface area (Å²) in [6.07, 6.45) is 31.4. The van der Waals surface area contributed by atoms with Gasteiger partial charge in [0.25, 0.3) is 0 Å². The SMILES string of the molecule is CCCCCCCCC(CCCCCCCC)COP(=O)(O)O.CCCCCCCCCCCCN(C)C. The molecule has 6 heteroatoms. The lowest BCUT2D eigenvalue weighted by atomic mass is 9.95. The lowest BCUT2D eigenvalue weighted by Gasteiger charge is -2.17. The first kappa shape index (κ1) is 40.2. The van der Waals surface area contributed by atoms with Crippen LogP contribution in [-0.4, -0.2) is 41.9 Å². The molecule has 5 nitrogen and oxygen atoms in total. The van der Waals surface area contributed by atoms with Gasteiger partial charge in [0.1, 0.15) is 0 Å². The normalized spacial score (nSPS) is 11.8. The Labute approximate surface area is 239 Å². The molecule has 0 aromatic heterocycles. The van der Waals surface area contributed by atoms with Crippen LogP contribution in [0.5, 0.6) is 0 Å². The maximum atomic E-state index is 10.9. The molecule has 0 bridgehead atoms. The number of nitrogens with zero attached hydrogens (tertiary/aromatic N) is 1. The van der Waals surface area contributed by atoms with Crippen molar-refractivity contribution in [2.24, 2.45) is 5.92 Å². The van der Waals surface area contributed by atoms with Gasteiger partial charge in [0.2, 0.25) is 0 Å². The van der Waals surface area contributed by atoms with Gasteiger partial charge in [-0.3, -0.25) is 4.52 Å². The number of phosphoric acid groups is 1. The molecule has 0 aliphatic rings. The Morgan fingerprint density at radius 3 is 1.18 bits per heavy atom. The minimum Gasteiger partial charge on any atom is -0.309 e. The second kappa shape index (κ2) is 31.6. The predicted molar refractivity (Wildman–Crippen MR) is 168 cm³/mol. The second-order valence-corrected chi connectivity index (χ2v) is 13.0. The number of hydrogen-bond donors (Lipinski definition) is 2. The van der Waals surface area contributed by atoms with Gasteiger partial charge in [0.15, 0.2) is 0 Å². The molecule has 0 aliphatic heterocycles. The monoisotopic (exact) mass is 564 g/mol. The first-order chi connectivity index (χ1) is 18.3. The van der Waals surface area contributed by atoms with Crippen LogP contribution in [0.2, 0.25) is 0 Å². The van der Waals surface area contributed by atoms with Crippen LogP contribution >= 0.6 is 7.82 Å². The summed E-state index contributed by atoms with van der Waals surface area (Å²) in [6, 6.07) is 0. The lowest BCUT2D eigenvalue weighted by molar-refractivity contribution is 0.157. The van der Waals surface area contributed by atoms with Crippen LogP contribution in [-0.2, 0) is 9.09 Å². The van der Waals surface area contributed by atoms with E-state index >= 15 is 0 Å². The van der Waals surface area contributed by atoms with E-state index in [-0.39, 0.29) is 6.61 Å². The first-order valence-electron chi connectivity index (χ1n) is 16.6. The van der Waals surface area contributed by atoms with E-state index in [1.54, 1.807) is 0 Å². The molecule has 232 valence electrons. The van der Waals surface area contributed by atoms with Crippen molar-refractivity contribution in [2.45, 2.75) is 175 Å². The molecule has 0 aliphatic carbocycles. The molecule has 0 aromatic rings. The van der Waals surface area contributed by atoms with Gasteiger partial charge in [-0.25, -0.2) is 4.57 Å². The maximum Gasteiger partial charge on any atom is 0.469 e. The molecule has 0 atom stereocenters. The first-order valence-corrected chi connectivity index (χ1v) is 18.1. The van der Waals surface area contributed by atoms with Crippen LogP contribution in [0.1, 0.15) is 175 Å². The molecule has 0 unspecified atom stereocenters. The lowest BCUT2D eigenvalue weighted by Crippen LogP contribution is -2.12. The zero-order valence-corrected chi connectivity index (χ0v) is 27.5. The molecule has 0 spiro atoms. The Morgan fingerprint density at radius 2 is 0.868 bits per heavy atom. The van der Waals surface area contributed by atoms with E-state index in [0.29, 0.717) is 5.92 Å². The smallest absolute Gasteiger partial charge is 0.309 e. The third kappa shape index (κ3) is 38.2. The van der Waals surface area contributed by atoms with Crippen LogP contribution in [0.4, 0.5) is 0 Å². The molecular weight excluding hydrogens is 493 g/mol. The Hall–Kier alpha value is 0.0700. The van der Waals surface area contributed by atoms with E-state index in [1.807, 2.05) is 0 Å². The molecule has 0 rings (SSSR count). The van der Waals surface area contributed by atoms with Crippen molar-refractivity contribution in [2.75, 3.05) is 27.2 Å². The molecule has 0 saturated carbocycles. The minimum atomic E-state index is -4.33. The van der Waals surface area contributed by atoms with Crippen molar-refractivity contribution in [3.63, 3.8) is 0 Å². The van der Waals surface area contributed by atoms with Gasteiger partial charge < -0.3 is 14.7 Å². The highest BCUT2D eigenvalue weighted by Gasteiger charge is 2.18. The van der Waals surface area contributed by atoms with Gasteiger partial charge in [-0.05, 0) is 45.8 Å². The minimum absolute atomic E-state index is 0.203. The van der Waals surface area contributed by atoms with E-state index in [4.69, 9.17) is 14.3 Å². The van der Waals surface area contributed by atoms with Crippen molar-refractivity contribution in [1.82, 2.24) is 4.90 Å². The standard InChI is InChI=1S/C18H39O4P.C14H31N/c1-3-5-7-9-11-13-15-18(17-22-23(19,20)21)16-14-12-10-8-6-4-2;1-4-5-6-7-8-9-10-11-12-13-14-15(2)3/h18H,3-17H2,1-2H3,(H2,19,20,21);4-14H2,1-3H3. The van der Waals surface area contributed by atoms with Crippen LogP contribution in [0.3, 0.4) is 0 Å². The van der Waals surface area contributed by atoms with Gasteiger partial charge in [-0.2, -0.15) is 0 Å². The topological polar surface area (TPSA) is 70.0 Å². The highest BCUT2D eigenvalue weighted by atomic mass is 31.2. The molecule has 38 heavy (non-hydrogen) atoms. The molecule has 0 fully saturated rings. The van der Waals surface area contributed by atoms with E-state index in [0.717, 1.165) is 25.7 Å². The summed E-state index contributed by atoms with van der Waals surface area (Å²) in [5.74, 6) is 0.292. The fourth-order valence-electron chi connectivity index (χ4n) is 4.86. The summed E-state index contributed by atoms with van der Waals surface area (Å²) in [5, 5.41) is 0. The van der Waals surface area contributed by atoms with Gasteiger partial charge in [0.05, 0.1) is 6.61 Å². The highest BCUT2D eigenvalue weighted by molar-refractivity contribution is 7.46. The number of hydrogen-bond acceptors (Lipinski definition) is 3. The molecule has 2 N–H and O–H groups in total. The van der Waals surface area contributed by atoms with Crippen LogP contribution < -0.4 is 0 Å². The predicted octanol–water partition coefficient (Wildman–Crippen LogP) is 10.7. The van der Waals surface area contributed by atoms with E-state index in [2.05, 4.69) is 39.8 Å². The van der Waals surface area contributed by atoms with Gasteiger partial charge in [-0.15, -0.1) is 0 Å². The molecule has 0 saturated heterocycles. The van der Waals surface area contributed by atoms with Crippen molar-refractivity contribution in [1.29, 1.82) is 0 Å². The Morgan fingerprint density at radius 1 is 0.553 bits per heavy atom. The third-order valence-corrected chi connectivity index (χ3v) is 7.85. The molecule has 0 radical (unpaired) electrons. The summed E-state index contributed by atoms with van der Waals surface area (Å²) in [4.78, 5) is 20.1. The van der Waals surface area contributed by atoms with Gasteiger partial charge >= 0.3 is 7.82 Å². The van der Waals surface area contributed by atoms with Crippen molar-refractivity contribution in [3.05, 3.63) is 0 Å². The summed E-state index contributed by atoms with van der Waals surface area (Å²) >= 11 is 0. The van der Waals surface area contributed by atoms with Crippen LogP contribution in [0.15, 0.2) is 0 Å². The van der Waals surface area contributed by atoms with E-state index in [9.17, 15) is 4.57 Å². The second-order valence-electron chi connectivity index (χ2n) is 11.8. The Kier molecular flexibility index (Phi) is 33.4. The summed E-state index contributed by atoms with van der Waals surface area (Å²) in [6.45, 7) is 8.18. The van der Waals surface area contributed by atoms with Crippen LogP contribution in [0, 0.1) is 5.92 Å². The number of phosphoric ester groups is 1. The van der Waals surface area contributed by atoms with Gasteiger partial charge in [-0.1, -0.05) is 156 Å². The zero-order chi connectivity index (χ0) is 28.7. The summed E-state index contributed by atoms with van der Waals surface area (Å²) in [7, 11) is -0.00643. The third-order valence-electron chi connectivity index (χ3n) is 7.37. The number of unbranched alkanes of at least 4 members (excludes halogenated alkanes) is 19. The van der Waals surface area contributed by atoms with Crippen LogP contribution in [0.25, 0.3) is 0 Å². The fraction of sp³-hybridized carbons (Fsp3) is 1.00. The largest absolute Gasteiger partial charge is 0.469 e. The average Bonchev–Trinajstić information content (AvgIpc) is 2.87. The van der Waals surface area contributed by atoms with Gasteiger partial charge in [0, 0.05) is 0 Å². The van der Waals surface area contributed by atoms with Crippen molar-refractivity contribution < 1.29 is 18.9 Å². The molecule has 0 aromatic carbocycles. The summed E-state index contributed by atoms with van der Waals surface area (Å²) in [5.41, 5.74) is 0. The quantitative estimate of drug-likeness (QED) is 0.0732. The van der Waals surface area contributed by atoms with E-state index < -0.39 is 7.82 Å². The van der Waals surface area contributed by atoms with Crippen molar-refractivity contribution in [3.8, 4) is 0 Å². The Bertz CT molecular complexity index is 468. The van der Waals surface area contributed by atoms with Crippen molar-refractivity contribution >= 4 is 7.82 Å². The Balaban J connectivity index is 0. The fourth-order valence-corrected chi connectivity index (χ4v) is 5.26. The summed E-state index contributed by atoms with van der Waals surface area (Å²) < 4.78 is 15.7. The average molecular weight is 564 g/mol. The zero-order valence-electron chi connectivity index (χ0n) is 26.6. The maximum absolute atomic E-state index is 10.9. The van der Waals surface area contributed by atoms with E-state index in [1.165, 1.54) is 135 Å². The number of rotatable bonds is 28. The molecule has 0 amide bonds. The molecular formula is C32H70NO4P.